The summed E-state index contributed by atoms with van der Waals surface area (Å²) in [5.74, 6) is -1.25. The Morgan fingerprint density at radius 2 is 1.82 bits per heavy atom. The van der Waals surface area contributed by atoms with Crippen LogP contribution in [0.4, 0.5) is 18.9 Å². The van der Waals surface area contributed by atoms with Crippen LogP contribution in [-0.2, 0) is 11.3 Å². The van der Waals surface area contributed by atoms with Gasteiger partial charge in [-0.3, -0.25) is 24.3 Å². The van der Waals surface area contributed by atoms with E-state index in [-0.39, 0.29) is 19.1 Å². The van der Waals surface area contributed by atoms with E-state index in [0.717, 1.165) is 27.2 Å². The summed E-state index contributed by atoms with van der Waals surface area (Å²) in [4.78, 5) is 16.2. The molecule has 0 bridgehead atoms. The van der Waals surface area contributed by atoms with Gasteiger partial charge in [0.1, 0.15) is 17.9 Å². The monoisotopic (exact) mass is 536 g/mol. The van der Waals surface area contributed by atoms with Crippen LogP contribution in [-0.4, -0.2) is 81.8 Å². The lowest BCUT2D eigenvalue weighted by atomic mass is 10.2. The maximum Gasteiger partial charge on any atom is 0.471 e. The first-order chi connectivity index (χ1) is 18.8. The average molecular weight is 537 g/mol. The smallest absolute Gasteiger partial charge is 0.383 e. The number of allylic oxidation sites excluding steroid dienone is 1. The van der Waals surface area contributed by atoms with Crippen molar-refractivity contribution in [2.24, 2.45) is 10.8 Å². The van der Waals surface area contributed by atoms with Crippen LogP contribution in [0.25, 0.3) is 10.9 Å². The summed E-state index contributed by atoms with van der Waals surface area (Å²) >= 11 is 0. The van der Waals surface area contributed by atoms with Gasteiger partial charge in [0, 0.05) is 50.0 Å². The summed E-state index contributed by atoms with van der Waals surface area (Å²) in [6, 6.07) is 16.0. The van der Waals surface area contributed by atoms with Crippen molar-refractivity contribution in [3.63, 3.8) is 0 Å². The maximum atomic E-state index is 12.7. The summed E-state index contributed by atoms with van der Waals surface area (Å²) in [5, 5.41) is 12.1. The first-order valence-electron chi connectivity index (χ1n) is 12.7. The first kappa shape index (κ1) is 25.0. The number of benzene rings is 2. The van der Waals surface area contributed by atoms with Gasteiger partial charge in [0.05, 0.1) is 18.1 Å². The molecule has 0 aliphatic carbocycles. The number of anilines is 1. The molecule has 3 aliphatic heterocycles. The van der Waals surface area contributed by atoms with Crippen molar-refractivity contribution in [3.05, 3.63) is 84.0 Å². The molecule has 0 radical (unpaired) electrons. The second kappa shape index (κ2) is 9.77. The Hall–Kier alpha value is -4.32. The minimum Gasteiger partial charge on any atom is -0.383 e. The number of carbonyl (C=O) groups excluding carboxylic acids is 1. The van der Waals surface area contributed by atoms with Crippen molar-refractivity contribution in [1.82, 2.24) is 24.6 Å². The van der Waals surface area contributed by atoms with Gasteiger partial charge < -0.3 is 10.6 Å². The second-order valence-corrected chi connectivity index (χ2v) is 9.79. The summed E-state index contributed by atoms with van der Waals surface area (Å²) in [6.45, 7) is 2.05. The van der Waals surface area contributed by atoms with Gasteiger partial charge in [-0.15, -0.1) is 0 Å². The minimum atomic E-state index is -4.84. The standard InChI is InChI=1S/C27H27F3N8O/c28-27(29,30)26(39)35-12-10-34(11-13-35)17-22-7-9-24-25(31)37(18-32-38(22)24)21-6-8-23-20(14-21)16-36(33-23)15-19-4-2-1-3-5-19/h1-9,14,16,18,22H,10-13,15,17,31H2. The molecule has 1 amide bonds. The fraction of sp³-hybridized carbons (Fsp3) is 0.296. The quantitative estimate of drug-likeness (QED) is 0.540. The molecule has 9 nitrogen and oxygen atoms in total. The third-order valence-corrected chi connectivity index (χ3v) is 7.20. The largest absolute Gasteiger partial charge is 0.471 e. The third-order valence-electron chi connectivity index (χ3n) is 7.20. The number of rotatable bonds is 5. The highest BCUT2D eigenvalue weighted by Gasteiger charge is 2.43. The number of amides is 1. The molecule has 6 rings (SSSR count). The highest BCUT2D eigenvalue weighted by atomic mass is 19.4. The van der Waals surface area contributed by atoms with Crippen molar-refractivity contribution in [1.29, 1.82) is 0 Å². The topological polar surface area (TPSA) is 86.2 Å². The Morgan fingerprint density at radius 1 is 1.05 bits per heavy atom. The number of alkyl halides is 3. The van der Waals surface area contributed by atoms with Gasteiger partial charge in [-0.2, -0.15) is 23.4 Å². The van der Waals surface area contributed by atoms with E-state index in [9.17, 15) is 18.0 Å². The highest BCUT2D eigenvalue weighted by molar-refractivity contribution is 5.90. The van der Waals surface area contributed by atoms with Gasteiger partial charge in [-0.1, -0.05) is 36.4 Å². The normalized spacial score (nSPS) is 19.9. The van der Waals surface area contributed by atoms with E-state index in [0.29, 0.717) is 32.0 Å². The van der Waals surface area contributed by atoms with Gasteiger partial charge >= 0.3 is 12.1 Å². The molecule has 1 fully saturated rings. The van der Waals surface area contributed by atoms with E-state index in [1.807, 2.05) is 74.2 Å². The van der Waals surface area contributed by atoms with E-state index < -0.39 is 12.1 Å². The Kier molecular flexibility index (Phi) is 6.26. The molecule has 12 heteroatoms. The van der Waals surface area contributed by atoms with E-state index in [1.54, 1.807) is 6.34 Å². The highest BCUT2D eigenvalue weighted by Crippen LogP contribution is 2.31. The fourth-order valence-corrected chi connectivity index (χ4v) is 5.17. The molecular formula is C27H27F3N8O. The number of hydrazone groups is 1. The van der Waals surface area contributed by atoms with Gasteiger partial charge in [0.2, 0.25) is 0 Å². The van der Waals surface area contributed by atoms with Crippen LogP contribution < -0.4 is 10.6 Å². The molecule has 2 N–H and O–H groups in total. The molecule has 39 heavy (non-hydrogen) atoms. The molecule has 0 spiro atoms. The van der Waals surface area contributed by atoms with Crippen molar-refractivity contribution in [2.45, 2.75) is 18.8 Å². The van der Waals surface area contributed by atoms with Gasteiger partial charge in [-0.05, 0) is 29.8 Å². The number of piperazine rings is 1. The Bertz CT molecular complexity index is 1470. The van der Waals surface area contributed by atoms with Crippen molar-refractivity contribution < 1.29 is 18.0 Å². The molecule has 1 atom stereocenters. The predicted octanol–water partition coefficient (Wildman–Crippen LogP) is 2.92. The Balaban J connectivity index is 1.12. The summed E-state index contributed by atoms with van der Waals surface area (Å²) < 4.78 is 40.1. The van der Waals surface area contributed by atoms with Gasteiger partial charge in [-0.25, -0.2) is 0 Å². The van der Waals surface area contributed by atoms with Gasteiger partial charge in [0.25, 0.3) is 0 Å². The number of nitrogens with two attached hydrogens (primary N) is 1. The molecule has 4 heterocycles. The summed E-state index contributed by atoms with van der Waals surface area (Å²) in [5.41, 5.74) is 10.2. The second-order valence-electron chi connectivity index (χ2n) is 9.79. The molecule has 0 saturated carbocycles. The fourth-order valence-electron chi connectivity index (χ4n) is 5.17. The van der Waals surface area contributed by atoms with E-state index in [1.165, 1.54) is 5.56 Å². The summed E-state index contributed by atoms with van der Waals surface area (Å²) in [6.07, 6.45) is 2.76. The van der Waals surface area contributed by atoms with Gasteiger partial charge in [0.15, 0.2) is 0 Å². The number of aromatic nitrogens is 2. The number of hydrogen-bond acceptors (Lipinski definition) is 7. The zero-order chi connectivity index (χ0) is 27.1. The van der Waals surface area contributed by atoms with Crippen molar-refractivity contribution in [2.75, 3.05) is 37.6 Å². The molecule has 2 aromatic carbocycles. The average Bonchev–Trinajstić information content (AvgIpc) is 3.52. The number of fused-ring (bicyclic) bond motifs is 2. The van der Waals surface area contributed by atoms with Crippen LogP contribution in [0.5, 0.6) is 0 Å². The van der Waals surface area contributed by atoms with Crippen LogP contribution >= 0.6 is 0 Å². The van der Waals surface area contributed by atoms with Crippen LogP contribution in [0.1, 0.15) is 5.56 Å². The van der Waals surface area contributed by atoms with Crippen LogP contribution in [0.2, 0.25) is 0 Å². The molecule has 1 saturated heterocycles. The zero-order valence-electron chi connectivity index (χ0n) is 21.0. The zero-order valence-corrected chi connectivity index (χ0v) is 21.0. The Labute approximate surface area is 222 Å². The number of nitrogens with zero attached hydrogens (tertiary/aromatic N) is 7. The maximum absolute atomic E-state index is 12.7. The number of hydrogen-bond donors (Lipinski definition) is 1. The van der Waals surface area contributed by atoms with Crippen molar-refractivity contribution >= 4 is 28.8 Å². The molecule has 1 unspecified atom stereocenters. The van der Waals surface area contributed by atoms with E-state index in [4.69, 9.17) is 5.73 Å². The number of carbonyl (C=O) groups is 1. The third kappa shape index (κ3) is 4.94. The lowest BCUT2D eigenvalue weighted by molar-refractivity contribution is -0.187. The lowest BCUT2D eigenvalue weighted by Crippen LogP contribution is -2.54. The molecular weight excluding hydrogens is 509 g/mol. The van der Waals surface area contributed by atoms with Crippen LogP contribution in [0.3, 0.4) is 0 Å². The minimum absolute atomic E-state index is 0.0427. The SMILES string of the molecule is NC1=C2C=CC(CN3CCN(C(=O)C(F)(F)F)CC3)N2N=CN1c1ccc2nn(Cc3ccccc3)cc2c1. The molecule has 202 valence electrons. The van der Waals surface area contributed by atoms with Crippen LogP contribution in [0.15, 0.2) is 83.5 Å². The molecule has 3 aliphatic rings. The Morgan fingerprint density at radius 3 is 2.56 bits per heavy atom. The number of halogens is 3. The van der Waals surface area contributed by atoms with E-state index in [2.05, 4.69) is 22.3 Å². The van der Waals surface area contributed by atoms with Crippen LogP contribution in [0, 0.1) is 0 Å². The molecule has 3 aromatic rings. The van der Waals surface area contributed by atoms with E-state index >= 15 is 0 Å². The first-order valence-corrected chi connectivity index (χ1v) is 12.7. The lowest BCUT2D eigenvalue weighted by Gasteiger charge is -2.38. The van der Waals surface area contributed by atoms with Crippen molar-refractivity contribution in [3.8, 4) is 0 Å². The summed E-state index contributed by atoms with van der Waals surface area (Å²) in [7, 11) is 0. The molecule has 1 aromatic heterocycles. The predicted molar refractivity (Wildman–Crippen MR) is 141 cm³/mol.